The van der Waals surface area contributed by atoms with Crippen LogP contribution in [0.15, 0.2) is 53.2 Å². The smallest absolute Gasteiger partial charge is 0.454 e. The van der Waals surface area contributed by atoms with E-state index in [-0.39, 0.29) is 23.7 Å². The van der Waals surface area contributed by atoms with Gasteiger partial charge in [0.2, 0.25) is 0 Å². The van der Waals surface area contributed by atoms with Crippen molar-refractivity contribution in [2.75, 3.05) is 5.32 Å². The molecule has 3 aromatic rings. The third-order valence-corrected chi connectivity index (χ3v) is 3.38. The van der Waals surface area contributed by atoms with Gasteiger partial charge in [0, 0.05) is 5.69 Å². The van der Waals surface area contributed by atoms with Crippen LogP contribution in [-0.2, 0) is 6.54 Å². The normalized spacial score (nSPS) is 11.2. The third kappa shape index (κ3) is 4.87. The fraction of sp³-hybridized carbons (Fsp3) is 0.125. The molecule has 0 atom stereocenters. The maximum absolute atomic E-state index is 12.2. The Morgan fingerprint density at radius 2 is 1.96 bits per heavy atom. The number of ether oxygens (including phenoxy) is 1. The monoisotopic (exact) mass is 396 g/mol. The average Bonchev–Trinajstić information content (AvgIpc) is 3.25. The Morgan fingerprint density at radius 1 is 1.25 bits per heavy atom. The van der Waals surface area contributed by atoms with Crippen molar-refractivity contribution in [3.8, 4) is 5.75 Å². The van der Waals surface area contributed by atoms with Gasteiger partial charge in [0.15, 0.2) is 5.76 Å². The molecule has 28 heavy (non-hydrogen) atoms. The number of rotatable bonds is 6. The van der Waals surface area contributed by atoms with Gasteiger partial charge in [-0.3, -0.25) is 19.6 Å². The molecule has 0 bridgehead atoms. The second kappa shape index (κ2) is 7.42. The van der Waals surface area contributed by atoms with Crippen molar-refractivity contribution in [1.29, 1.82) is 0 Å². The van der Waals surface area contributed by atoms with Crippen molar-refractivity contribution >= 4 is 17.3 Å². The molecule has 9 nitrogen and oxygen atoms in total. The van der Waals surface area contributed by atoms with Gasteiger partial charge < -0.3 is 14.5 Å². The molecule has 0 saturated carbocycles. The van der Waals surface area contributed by atoms with Gasteiger partial charge in [-0.1, -0.05) is 0 Å². The largest absolute Gasteiger partial charge is 0.573 e. The molecule has 1 aromatic carbocycles. The minimum atomic E-state index is -4.80. The van der Waals surface area contributed by atoms with Crippen LogP contribution in [0.2, 0.25) is 0 Å². The third-order valence-electron chi connectivity index (χ3n) is 3.38. The minimum absolute atomic E-state index is 0.0488. The Balaban J connectivity index is 1.61. The van der Waals surface area contributed by atoms with Crippen LogP contribution < -0.4 is 10.1 Å². The Kier molecular flexibility index (Phi) is 5.02. The number of nitrogens with zero attached hydrogens (tertiary/aromatic N) is 3. The van der Waals surface area contributed by atoms with E-state index in [1.54, 1.807) is 0 Å². The molecule has 12 heteroatoms. The summed E-state index contributed by atoms with van der Waals surface area (Å²) in [7, 11) is 0. The summed E-state index contributed by atoms with van der Waals surface area (Å²) in [6, 6.07) is 7.49. The highest BCUT2D eigenvalue weighted by Gasteiger charge is 2.31. The summed E-state index contributed by atoms with van der Waals surface area (Å²) in [6.45, 7) is 0.0740. The predicted molar refractivity (Wildman–Crippen MR) is 87.8 cm³/mol. The molecule has 0 aliphatic carbocycles. The number of carbonyl (C=O) groups excluding carboxylic acids is 1. The number of nitro groups is 1. The lowest BCUT2D eigenvalue weighted by molar-refractivity contribution is -0.385. The molecule has 0 aliphatic heterocycles. The van der Waals surface area contributed by atoms with Crippen molar-refractivity contribution in [3.05, 3.63) is 70.4 Å². The standard InChI is InChI=1S/C16H11F3N4O5/c17-16(18,19)28-12-3-1-10(2-4-12)21-15(24)14-6-5-13(27-14)9-22-8-11(7-20-22)23(25)26/h1-8H,9H2,(H,21,24). The molecule has 0 radical (unpaired) electrons. The second-order valence-corrected chi connectivity index (χ2v) is 5.45. The van der Waals surface area contributed by atoms with Gasteiger partial charge in [0.25, 0.3) is 5.91 Å². The highest BCUT2D eigenvalue weighted by Crippen LogP contribution is 2.24. The molecule has 1 N–H and O–H groups in total. The van der Waals surface area contributed by atoms with Crippen molar-refractivity contribution in [3.63, 3.8) is 0 Å². The molecule has 0 saturated heterocycles. The van der Waals surface area contributed by atoms with Crippen molar-refractivity contribution in [2.45, 2.75) is 12.9 Å². The lowest BCUT2D eigenvalue weighted by Gasteiger charge is -2.09. The number of aromatic nitrogens is 2. The summed E-state index contributed by atoms with van der Waals surface area (Å²) in [6.07, 6.45) is -2.50. The fourth-order valence-corrected chi connectivity index (χ4v) is 2.21. The predicted octanol–water partition coefficient (Wildman–Crippen LogP) is 3.58. The average molecular weight is 396 g/mol. The van der Waals surface area contributed by atoms with Gasteiger partial charge in [-0.2, -0.15) is 5.10 Å². The second-order valence-electron chi connectivity index (χ2n) is 5.45. The van der Waals surface area contributed by atoms with Crippen LogP contribution in [0, 0.1) is 10.1 Å². The molecule has 0 aliphatic rings. The van der Waals surface area contributed by atoms with Crippen molar-refractivity contribution in [2.24, 2.45) is 0 Å². The van der Waals surface area contributed by atoms with Crippen LogP contribution in [0.3, 0.4) is 0 Å². The van der Waals surface area contributed by atoms with Crippen LogP contribution in [0.1, 0.15) is 16.3 Å². The number of anilines is 1. The molecule has 0 spiro atoms. The molecule has 1 amide bonds. The van der Waals surface area contributed by atoms with Crippen molar-refractivity contribution < 1.29 is 32.0 Å². The maximum atomic E-state index is 12.2. The van der Waals surface area contributed by atoms with E-state index < -0.39 is 22.9 Å². The van der Waals surface area contributed by atoms with Crippen LogP contribution in [0.5, 0.6) is 5.75 Å². The Bertz CT molecular complexity index is 994. The molecule has 3 rings (SSSR count). The number of benzene rings is 1. The van der Waals surface area contributed by atoms with Crippen LogP contribution in [-0.4, -0.2) is 27.0 Å². The summed E-state index contributed by atoms with van der Waals surface area (Å²) < 4.78 is 46.8. The lowest BCUT2D eigenvalue weighted by Crippen LogP contribution is -2.17. The summed E-state index contributed by atoms with van der Waals surface area (Å²) in [5, 5.41) is 16.9. The number of hydrogen-bond acceptors (Lipinski definition) is 6. The number of amides is 1. The van der Waals surface area contributed by atoms with Crippen molar-refractivity contribution in [1.82, 2.24) is 9.78 Å². The SMILES string of the molecule is O=C(Nc1ccc(OC(F)(F)F)cc1)c1ccc(Cn2cc([N+](=O)[O-])cn2)o1. The molecular weight excluding hydrogens is 385 g/mol. The number of hydrogen-bond donors (Lipinski definition) is 1. The summed E-state index contributed by atoms with van der Waals surface area (Å²) in [4.78, 5) is 22.2. The van der Waals surface area contributed by atoms with Crippen LogP contribution in [0.4, 0.5) is 24.5 Å². The van der Waals surface area contributed by atoms with Gasteiger partial charge >= 0.3 is 12.0 Å². The van der Waals surface area contributed by atoms with E-state index >= 15 is 0 Å². The van der Waals surface area contributed by atoms with E-state index in [1.807, 2.05) is 0 Å². The zero-order valence-corrected chi connectivity index (χ0v) is 13.8. The first-order chi connectivity index (χ1) is 13.2. The van der Waals surface area contributed by atoms with Gasteiger partial charge in [-0.15, -0.1) is 13.2 Å². The summed E-state index contributed by atoms with van der Waals surface area (Å²) >= 11 is 0. The Labute approximate surface area is 154 Å². The Hall–Kier alpha value is -3.83. The lowest BCUT2D eigenvalue weighted by atomic mass is 10.3. The van der Waals surface area contributed by atoms with Gasteiger partial charge in [-0.25, -0.2) is 0 Å². The highest BCUT2D eigenvalue weighted by molar-refractivity contribution is 6.02. The number of furan rings is 1. The number of halogens is 3. The Morgan fingerprint density at radius 3 is 2.57 bits per heavy atom. The first-order valence-corrected chi connectivity index (χ1v) is 7.62. The minimum Gasteiger partial charge on any atom is -0.454 e. The number of alkyl halides is 3. The zero-order valence-electron chi connectivity index (χ0n) is 13.8. The summed E-state index contributed by atoms with van der Waals surface area (Å²) in [5.41, 5.74) is 0.0580. The van der Waals surface area contributed by atoms with E-state index in [2.05, 4.69) is 15.2 Å². The fourth-order valence-electron chi connectivity index (χ4n) is 2.21. The molecule has 2 aromatic heterocycles. The quantitative estimate of drug-likeness (QED) is 0.503. The van der Waals surface area contributed by atoms with Crippen LogP contribution >= 0.6 is 0 Å². The van der Waals surface area contributed by atoms with E-state index in [4.69, 9.17) is 4.42 Å². The van der Waals surface area contributed by atoms with Gasteiger partial charge in [0.05, 0.1) is 11.5 Å². The number of carbonyl (C=O) groups is 1. The van der Waals surface area contributed by atoms with Gasteiger partial charge in [-0.05, 0) is 36.4 Å². The van der Waals surface area contributed by atoms with E-state index in [0.717, 1.165) is 18.3 Å². The molecule has 146 valence electrons. The first-order valence-electron chi connectivity index (χ1n) is 7.62. The molecular formula is C16H11F3N4O5. The maximum Gasteiger partial charge on any atom is 0.573 e. The zero-order chi connectivity index (χ0) is 20.3. The van der Waals surface area contributed by atoms with Gasteiger partial charge in [0.1, 0.15) is 23.9 Å². The van der Waals surface area contributed by atoms with E-state index in [1.165, 1.54) is 35.1 Å². The van der Waals surface area contributed by atoms with E-state index in [9.17, 15) is 28.1 Å². The van der Waals surface area contributed by atoms with Crippen LogP contribution in [0.25, 0.3) is 0 Å². The highest BCUT2D eigenvalue weighted by atomic mass is 19.4. The first kappa shape index (κ1) is 18.9. The number of nitrogens with one attached hydrogen (secondary N) is 1. The summed E-state index contributed by atoms with van der Waals surface area (Å²) in [5.74, 6) is -0.759. The molecule has 0 fully saturated rings. The topological polar surface area (TPSA) is 112 Å². The molecule has 0 unspecified atom stereocenters. The van der Waals surface area contributed by atoms with E-state index in [0.29, 0.717) is 5.76 Å². The molecule has 2 heterocycles.